The summed E-state index contributed by atoms with van der Waals surface area (Å²) in [5, 5.41) is 0. The maximum Gasteiger partial charge on any atom is 0.228 e. The number of carbonyl (C=O) groups is 2. The van der Waals surface area contributed by atoms with E-state index in [4.69, 9.17) is 4.74 Å². The van der Waals surface area contributed by atoms with Gasteiger partial charge in [0.1, 0.15) is 11.9 Å². The zero-order chi connectivity index (χ0) is 17.4. The molecule has 1 aromatic rings. The minimum Gasteiger partial charge on any atom is -0.370 e. The second-order valence-electron chi connectivity index (χ2n) is 7.34. The van der Waals surface area contributed by atoms with Crippen molar-refractivity contribution in [2.75, 3.05) is 32.8 Å². The van der Waals surface area contributed by atoms with Crippen LogP contribution in [0.1, 0.15) is 30.9 Å². The van der Waals surface area contributed by atoms with Gasteiger partial charge in [0, 0.05) is 26.1 Å². The van der Waals surface area contributed by atoms with Crippen LogP contribution in [0.3, 0.4) is 0 Å². The van der Waals surface area contributed by atoms with Crippen LogP contribution in [-0.4, -0.2) is 54.4 Å². The quantitative estimate of drug-likeness (QED) is 0.838. The Morgan fingerprint density at radius 2 is 1.96 bits per heavy atom. The van der Waals surface area contributed by atoms with Crippen molar-refractivity contribution in [3.05, 3.63) is 35.6 Å². The van der Waals surface area contributed by atoms with E-state index in [2.05, 4.69) is 0 Å². The molecule has 25 heavy (non-hydrogen) atoms. The number of morpholine rings is 1. The first-order chi connectivity index (χ1) is 12.1. The number of hydrogen-bond donors (Lipinski definition) is 0. The van der Waals surface area contributed by atoms with Gasteiger partial charge in [0.2, 0.25) is 11.8 Å². The van der Waals surface area contributed by atoms with E-state index in [1.807, 2.05) is 4.90 Å². The zero-order valence-electron chi connectivity index (χ0n) is 14.2. The molecule has 2 unspecified atom stereocenters. The molecule has 1 aromatic carbocycles. The number of halogens is 1. The molecule has 1 saturated carbocycles. The van der Waals surface area contributed by atoms with Crippen LogP contribution >= 0.6 is 0 Å². The lowest BCUT2D eigenvalue weighted by Gasteiger charge is -2.34. The molecule has 4 rings (SSSR count). The summed E-state index contributed by atoms with van der Waals surface area (Å²) >= 11 is 0. The highest BCUT2D eigenvalue weighted by atomic mass is 19.1. The average Bonchev–Trinajstić information content (AvgIpc) is 3.37. The molecule has 2 atom stereocenters. The van der Waals surface area contributed by atoms with Crippen molar-refractivity contribution in [2.45, 2.75) is 25.4 Å². The molecule has 2 saturated heterocycles. The lowest BCUT2D eigenvalue weighted by atomic mass is 10.0. The van der Waals surface area contributed by atoms with Gasteiger partial charge in [0.15, 0.2) is 0 Å². The van der Waals surface area contributed by atoms with E-state index in [-0.39, 0.29) is 29.7 Å². The van der Waals surface area contributed by atoms with E-state index in [9.17, 15) is 14.0 Å². The van der Waals surface area contributed by atoms with Crippen molar-refractivity contribution >= 4 is 11.8 Å². The average molecular weight is 346 g/mol. The Hall–Kier alpha value is -1.95. The zero-order valence-corrected chi connectivity index (χ0v) is 14.2. The molecule has 0 radical (unpaired) electrons. The highest BCUT2D eigenvalue weighted by Crippen LogP contribution is 2.32. The fourth-order valence-corrected chi connectivity index (χ4v) is 3.71. The van der Waals surface area contributed by atoms with Gasteiger partial charge >= 0.3 is 0 Å². The summed E-state index contributed by atoms with van der Waals surface area (Å²) in [5.74, 6) is 0.269. The third-order valence-corrected chi connectivity index (χ3v) is 5.36. The molecule has 0 aromatic heterocycles. The Labute approximate surface area is 146 Å². The molecule has 1 aliphatic carbocycles. The molecule has 5 nitrogen and oxygen atoms in total. The van der Waals surface area contributed by atoms with E-state index in [0.29, 0.717) is 38.6 Å². The highest BCUT2D eigenvalue weighted by Gasteiger charge is 2.39. The van der Waals surface area contributed by atoms with Crippen molar-refractivity contribution in [3.8, 4) is 0 Å². The topological polar surface area (TPSA) is 49.9 Å². The summed E-state index contributed by atoms with van der Waals surface area (Å²) < 4.78 is 18.8. The van der Waals surface area contributed by atoms with Crippen LogP contribution in [0, 0.1) is 17.7 Å². The first kappa shape index (κ1) is 16.5. The third kappa shape index (κ3) is 3.68. The van der Waals surface area contributed by atoms with Crippen LogP contribution in [0.5, 0.6) is 0 Å². The maximum absolute atomic E-state index is 13.1. The van der Waals surface area contributed by atoms with Gasteiger partial charge in [-0.05, 0) is 36.5 Å². The van der Waals surface area contributed by atoms with Crippen LogP contribution in [0.15, 0.2) is 24.3 Å². The molecule has 2 aliphatic heterocycles. The Morgan fingerprint density at radius 1 is 1.20 bits per heavy atom. The van der Waals surface area contributed by atoms with Gasteiger partial charge in [0.05, 0.1) is 19.1 Å². The van der Waals surface area contributed by atoms with Gasteiger partial charge in [-0.2, -0.15) is 0 Å². The molecule has 0 bridgehead atoms. The lowest BCUT2D eigenvalue weighted by molar-refractivity contribution is -0.143. The molecule has 0 N–H and O–H groups in total. The van der Waals surface area contributed by atoms with Gasteiger partial charge < -0.3 is 14.5 Å². The van der Waals surface area contributed by atoms with Crippen molar-refractivity contribution in [2.24, 2.45) is 11.8 Å². The number of hydrogen-bond acceptors (Lipinski definition) is 3. The molecule has 3 aliphatic rings. The van der Waals surface area contributed by atoms with Crippen LogP contribution in [0.4, 0.5) is 4.39 Å². The Kier molecular flexibility index (Phi) is 4.46. The van der Waals surface area contributed by atoms with E-state index >= 15 is 0 Å². The van der Waals surface area contributed by atoms with Gasteiger partial charge in [-0.15, -0.1) is 0 Å². The normalized spacial score (nSPS) is 27.0. The fourth-order valence-electron chi connectivity index (χ4n) is 3.71. The van der Waals surface area contributed by atoms with Gasteiger partial charge in [0.25, 0.3) is 0 Å². The summed E-state index contributed by atoms with van der Waals surface area (Å²) in [5.41, 5.74) is 0.872. The Morgan fingerprint density at radius 3 is 2.68 bits per heavy atom. The largest absolute Gasteiger partial charge is 0.370 e. The molecule has 2 amide bonds. The number of carbonyl (C=O) groups excluding carboxylic acids is 2. The van der Waals surface area contributed by atoms with Crippen molar-refractivity contribution in [1.29, 1.82) is 0 Å². The number of rotatable bonds is 4. The van der Waals surface area contributed by atoms with Crippen LogP contribution in [0.25, 0.3) is 0 Å². The second kappa shape index (κ2) is 6.75. The molecule has 2 heterocycles. The SMILES string of the molecule is O=C1CC(C(=O)N2CCOC(c3ccc(F)cc3)C2)CN1CC1CC1. The van der Waals surface area contributed by atoms with Gasteiger partial charge in [-0.25, -0.2) is 4.39 Å². The maximum atomic E-state index is 13.1. The predicted molar refractivity (Wildman–Crippen MR) is 89.1 cm³/mol. The molecule has 0 spiro atoms. The molecular weight excluding hydrogens is 323 g/mol. The Balaban J connectivity index is 1.38. The summed E-state index contributed by atoms with van der Waals surface area (Å²) in [7, 11) is 0. The smallest absolute Gasteiger partial charge is 0.228 e. The Bertz CT molecular complexity index is 659. The fraction of sp³-hybridized carbons (Fsp3) is 0.579. The van der Waals surface area contributed by atoms with E-state index < -0.39 is 0 Å². The minimum atomic E-state index is -0.285. The van der Waals surface area contributed by atoms with Crippen molar-refractivity contribution in [3.63, 3.8) is 0 Å². The number of nitrogens with zero attached hydrogens (tertiary/aromatic N) is 2. The molecule has 3 fully saturated rings. The minimum absolute atomic E-state index is 0.0436. The second-order valence-corrected chi connectivity index (χ2v) is 7.34. The van der Waals surface area contributed by atoms with Crippen LogP contribution in [0.2, 0.25) is 0 Å². The molecule has 6 heteroatoms. The third-order valence-electron chi connectivity index (χ3n) is 5.36. The molecule has 134 valence electrons. The van der Waals surface area contributed by atoms with E-state index in [1.54, 1.807) is 17.0 Å². The predicted octanol–water partition coefficient (Wildman–Crippen LogP) is 1.98. The van der Waals surface area contributed by atoms with E-state index in [0.717, 1.165) is 12.1 Å². The van der Waals surface area contributed by atoms with Crippen molar-refractivity contribution < 1.29 is 18.7 Å². The first-order valence-corrected chi connectivity index (χ1v) is 9.04. The van der Waals surface area contributed by atoms with E-state index in [1.165, 1.54) is 25.0 Å². The summed E-state index contributed by atoms with van der Waals surface area (Å²) in [6.45, 7) is 2.82. The monoisotopic (exact) mass is 346 g/mol. The van der Waals surface area contributed by atoms with Crippen LogP contribution in [-0.2, 0) is 14.3 Å². The van der Waals surface area contributed by atoms with Gasteiger partial charge in [-0.1, -0.05) is 12.1 Å². The lowest BCUT2D eigenvalue weighted by Crippen LogP contribution is -2.45. The number of amides is 2. The summed E-state index contributed by atoms with van der Waals surface area (Å²) in [6.07, 6.45) is 2.48. The van der Waals surface area contributed by atoms with Gasteiger partial charge in [-0.3, -0.25) is 9.59 Å². The summed E-state index contributed by atoms with van der Waals surface area (Å²) in [4.78, 5) is 28.7. The van der Waals surface area contributed by atoms with Crippen LogP contribution < -0.4 is 0 Å². The molecular formula is C19H23FN2O3. The standard InChI is InChI=1S/C19H23FN2O3/c20-16-5-3-14(4-6-16)17-12-21(7-8-25-17)19(24)15-9-18(23)22(11-15)10-13-1-2-13/h3-6,13,15,17H,1-2,7-12H2. The number of likely N-dealkylation sites (tertiary alicyclic amines) is 1. The van der Waals surface area contributed by atoms with Crippen molar-refractivity contribution in [1.82, 2.24) is 9.80 Å². The first-order valence-electron chi connectivity index (χ1n) is 9.04. The highest BCUT2D eigenvalue weighted by molar-refractivity contribution is 5.89. The number of benzene rings is 1. The summed E-state index contributed by atoms with van der Waals surface area (Å²) in [6, 6.07) is 6.21. The number of ether oxygens (including phenoxy) is 1.